The topological polar surface area (TPSA) is 49.7 Å². The fourth-order valence-corrected chi connectivity index (χ4v) is 5.37. The van der Waals surface area contributed by atoms with Crippen LogP contribution in [0.3, 0.4) is 0 Å². The van der Waals surface area contributed by atoms with Crippen molar-refractivity contribution in [3.8, 4) is 23.0 Å². The van der Waals surface area contributed by atoms with E-state index in [2.05, 4.69) is 30.3 Å². The Hall–Kier alpha value is -4.50. The number of aromatic hydroxyl groups is 2. The fraction of sp³-hybridized carbons (Fsp3) is 0.0323. The molecule has 2 N–H and O–H groups in total. The highest BCUT2D eigenvalue weighted by Gasteiger charge is 2.33. The number of benzene rings is 6. The number of hydrogen-bond donors (Lipinski definition) is 2. The Bertz CT molecular complexity index is 1680. The Balaban J connectivity index is 1.61. The number of fused-ring (bicyclic) bond motifs is 7. The summed E-state index contributed by atoms with van der Waals surface area (Å²) in [5.74, 6) is 1.72. The predicted molar refractivity (Wildman–Crippen MR) is 136 cm³/mol. The van der Waals surface area contributed by atoms with Gasteiger partial charge in [-0.2, -0.15) is 0 Å². The molecule has 1 aliphatic rings. The summed E-state index contributed by atoms with van der Waals surface area (Å²) in [6.45, 7) is 0. The van der Waals surface area contributed by atoms with Crippen LogP contribution in [-0.4, -0.2) is 10.2 Å². The van der Waals surface area contributed by atoms with Crippen LogP contribution in [0.25, 0.3) is 32.3 Å². The molecule has 0 saturated carbocycles. The van der Waals surface area contributed by atoms with Gasteiger partial charge in [-0.3, -0.25) is 0 Å². The van der Waals surface area contributed by atoms with Gasteiger partial charge in [-0.15, -0.1) is 0 Å². The highest BCUT2D eigenvalue weighted by molar-refractivity contribution is 5.99. The standard InChI is InChI=1S/C31H20O3/c32-27-16-25-29(20-14-13-18-7-1-2-8-19(18)15-20)26-17-28(33)22-10-4-6-12-24(22)31(26)34-30(25)23-11-5-3-9-21(23)27/h1-17,29,32-33H. The second-order valence-corrected chi connectivity index (χ2v) is 8.86. The molecule has 0 radical (unpaired) electrons. The summed E-state index contributed by atoms with van der Waals surface area (Å²) in [7, 11) is 0. The van der Waals surface area contributed by atoms with Gasteiger partial charge in [-0.1, -0.05) is 91.0 Å². The van der Waals surface area contributed by atoms with E-state index in [0.717, 1.165) is 55.1 Å². The number of rotatable bonds is 1. The Kier molecular flexibility index (Phi) is 3.91. The number of phenols is 2. The lowest BCUT2D eigenvalue weighted by Crippen LogP contribution is -2.12. The molecule has 3 nitrogen and oxygen atoms in total. The van der Waals surface area contributed by atoms with Gasteiger partial charge in [0.25, 0.3) is 0 Å². The molecule has 0 amide bonds. The van der Waals surface area contributed by atoms with Gasteiger partial charge >= 0.3 is 0 Å². The van der Waals surface area contributed by atoms with Crippen LogP contribution >= 0.6 is 0 Å². The first-order valence-corrected chi connectivity index (χ1v) is 11.3. The molecule has 34 heavy (non-hydrogen) atoms. The van der Waals surface area contributed by atoms with Crippen molar-refractivity contribution in [3.05, 3.63) is 120 Å². The summed E-state index contributed by atoms with van der Waals surface area (Å²) in [4.78, 5) is 0. The molecule has 0 aromatic heterocycles. The normalized spacial score (nSPS) is 13.1. The zero-order chi connectivity index (χ0) is 22.8. The van der Waals surface area contributed by atoms with E-state index in [-0.39, 0.29) is 17.4 Å². The van der Waals surface area contributed by atoms with Crippen molar-refractivity contribution in [1.82, 2.24) is 0 Å². The van der Waals surface area contributed by atoms with Gasteiger partial charge in [-0.25, -0.2) is 0 Å². The van der Waals surface area contributed by atoms with Crippen molar-refractivity contribution in [2.24, 2.45) is 0 Å². The van der Waals surface area contributed by atoms with Crippen molar-refractivity contribution in [2.75, 3.05) is 0 Å². The summed E-state index contributed by atoms with van der Waals surface area (Å²) < 4.78 is 6.63. The maximum atomic E-state index is 10.9. The zero-order valence-electron chi connectivity index (χ0n) is 18.2. The summed E-state index contributed by atoms with van der Waals surface area (Å²) >= 11 is 0. The average molecular weight is 440 g/mol. The predicted octanol–water partition coefficient (Wildman–Crippen LogP) is 7.84. The van der Waals surface area contributed by atoms with Gasteiger partial charge in [-0.05, 0) is 28.5 Å². The third-order valence-electron chi connectivity index (χ3n) is 6.94. The third-order valence-corrected chi connectivity index (χ3v) is 6.94. The molecule has 0 aliphatic carbocycles. The van der Waals surface area contributed by atoms with Crippen molar-refractivity contribution in [3.63, 3.8) is 0 Å². The molecule has 0 unspecified atom stereocenters. The molecule has 6 aromatic carbocycles. The van der Waals surface area contributed by atoms with Crippen LogP contribution < -0.4 is 4.74 Å². The highest BCUT2D eigenvalue weighted by Crippen LogP contribution is 2.54. The van der Waals surface area contributed by atoms with Crippen LogP contribution in [0.15, 0.2) is 103 Å². The van der Waals surface area contributed by atoms with Gasteiger partial charge < -0.3 is 14.9 Å². The maximum absolute atomic E-state index is 10.9. The van der Waals surface area contributed by atoms with E-state index in [1.54, 1.807) is 0 Å². The fourth-order valence-electron chi connectivity index (χ4n) is 5.37. The van der Waals surface area contributed by atoms with Crippen molar-refractivity contribution < 1.29 is 14.9 Å². The first-order valence-electron chi connectivity index (χ1n) is 11.3. The lowest BCUT2D eigenvalue weighted by molar-refractivity contribution is 0.450. The SMILES string of the molecule is Oc1cc2c(c3ccccc13)Oc1c(cc(O)c3ccccc13)C2c1ccc2ccccc2c1. The largest absolute Gasteiger partial charge is 0.507 e. The lowest BCUT2D eigenvalue weighted by atomic mass is 9.80. The van der Waals surface area contributed by atoms with Crippen LogP contribution in [0, 0.1) is 0 Å². The second kappa shape index (κ2) is 7.00. The Morgan fingerprint density at radius 2 is 1.00 bits per heavy atom. The molecule has 162 valence electrons. The van der Waals surface area contributed by atoms with E-state index in [1.807, 2.05) is 72.8 Å². The molecule has 1 aliphatic heterocycles. The summed E-state index contributed by atoms with van der Waals surface area (Å²) in [5.41, 5.74) is 2.84. The molecule has 0 atom stereocenters. The van der Waals surface area contributed by atoms with Crippen molar-refractivity contribution in [2.45, 2.75) is 5.92 Å². The lowest BCUT2D eigenvalue weighted by Gasteiger charge is -2.31. The van der Waals surface area contributed by atoms with E-state index in [1.165, 1.54) is 5.39 Å². The second-order valence-electron chi connectivity index (χ2n) is 8.86. The van der Waals surface area contributed by atoms with E-state index in [0.29, 0.717) is 0 Å². The monoisotopic (exact) mass is 440 g/mol. The maximum Gasteiger partial charge on any atom is 0.139 e. The first-order chi connectivity index (χ1) is 16.7. The van der Waals surface area contributed by atoms with E-state index >= 15 is 0 Å². The minimum atomic E-state index is -0.214. The Morgan fingerprint density at radius 1 is 0.500 bits per heavy atom. The number of ether oxygens (including phenoxy) is 1. The Labute approximate surface area is 196 Å². The van der Waals surface area contributed by atoms with Gasteiger partial charge in [0.2, 0.25) is 0 Å². The van der Waals surface area contributed by atoms with Gasteiger partial charge in [0.15, 0.2) is 0 Å². The minimum absolute atomic E-state index is 0.214. The van der Waals surface area contributed by atoms with Gasteiger partial charge in [0, 0.05) is 38.6 Å². The summed E-state index contributed by atoms with van der Waals surface area (Å²) in [6.07, 6.45) is 0. The molecule has 0 saturated heterocycles. The molecule has 1 heterocycles. The molecule has 0 spiro atoms. The molecule has 0 fully saturated rings. The molecular weight excluding hydrogens is 420 g/mol. The molecule has 0 bridgehead atoms. The van der Waals surface area contributed by atoms with Crippen LogP contribution in [-0.2, 0) is 0 Å². The van der Waals surface area contributed by atoms with E-state index in [4.69, 9.17) is 4.74 Å². The average Bonchev–Trinajstić information content (AvgIpc) is 2.88. The van der Waals surface area contributed by atoms with Crippen molar-refractivity contribution in [1.29, 1.82) is 0 Å². The third kappa shape index (κ3) is 2.64. The van der Waals surface area contributed by atoms with Gasteiger partial charge in [0.1, 0.15) is 23.0 Å². The molecular formula is C31H20O3. The Morgan fingerprint density at radius 3 is 1.59 bits per heavy atom. The number of phenolic OH excluding ortho intramolecular Hbond substituents is 2. The van der Waals surface area contributed by atoms with Gasteiger partial charge in [0.05, 0.1) is 0 Å². The molecule has 7 rings (SSSR count). The van der Waals surface area contributed by atoms with E-state index < -0.39 is 0 Å². The van der Waals surface area contributed by atoms with Crippen LogP contribution in [0.2, 0.25) is 0 Å². The van der Waals surface area contributed by atoms with Crippen LogP contribution in [0.1, 0.15) is 22.6 Å². The first kappa shape index (κ1) is 19.0. The van der Waals surface area contributed by atoms with Crippen LogP contribution in [0.4, 0.5) is 0 Å². The van der Waals surface area contributed by atoms with E-state index in [9.17, 15) is 10.2 Å². The quantitative estimate of drug-likeness (QED) is 0.273. The summed E-state index contributed by atoms with van der Waals surface area (Å²) in [6, 6.07) is 33.9. The molecule has 3 heteroatoms. The smallest absolute Gasteiger partial charge is 0.139 e. The zero-order valence-corrected chi connectivity index (χ0v) is 18.2. The highest BCUT2D eigenvalue weighted by atomic mass is 16.5. The summed E-state index contributed by atoms with van der Waals surface area (Å²) in [5, 5.41) is 27.4. The number of hydrogen-bond acceptors (Lipinski definition) is 3. The van der Waals surface area contributed by atoms with Crippen molar-refractivity contribution >= 4 is 32.3 Å². The van der Waals surface area contributed by atoms with Crippen LogP contribution in [0.5, 0.6) is 23.0 Å². The minimum Gasteiger partial charge on any atom is -0.507 e. The molecule has 6 aromatic rings.